The van der Waals surface area contributed by atoms with E-state index in [0.717, 1.165) is 24.3 Å². The summed E-state index contributed by atoms with van der Waals surface area (Å²) in [6.45, 7) is 0. The highest BCUT2D eigenvalue weighted by Gasteiger charge is 2.66. The molecule has 0 heterocycles. The van der Waals surface area contributed by atoms with Crippen LogP contribution < -0.4 is 11.5 Å². The van der Waals surface area contributed by atoms with Crippen LogP contribution in [-0.2, 0) is 5.54 Å². The van der Waals surface area contributed by atoms with Crippen molar-refractivity contribution in [1.82, 2.24) is 0 Å². The minimum atomic E-state index is -5.76. The maximum Gasteiger partial charge on any atom is 0.415 e. The van der Waals surface area contributed by atoms with Crippen molar-refractivity contribution in [2.24, 2.45) is 17.4 Å². The van der Waals surface area contributed by atoms with E-state index in [-0.39, 0.29) is 6.08 Å². The first kappa shape index (κ1) is 20.1. The molecule has 0 saturated heterocycles. The number of hydrogen-bond acceptors (Lipinski definition) is 2. The Morgan fingerprint density at radius 1 is 0.808 bits per heavy atom. The summed E-state index contributed by atoms with van der Waals surface area (Å²) in [4.78, 5) is 0. The zero-order chi connectivity index (χ0) is 20.1. The summed E-state index contributed by atoms with van der Waals surface area (Å²) in [6, 6.07) is 5.01. The van der Waals surface area contributed by atoms with Gasteiger partial charge in [0.25, 0.3) is 0 Å². The van der Waals surface area contributed by atoms with Crippen LogP contribution in [0.1, 0.15) is 5.56 Å². The zero-order valence-corrected chi connectivity index (χ0v) is 12.6. The molecule has 2 unspecified atom stereocenters. The first-order valence-electron chi connectivity index (χ1n) is 6.88. The summed E-state index contributed by atoms with van der Waals surface area (Å²) in [5, 5.41) is 0. The lowest BCUT2D eigenvalue weighted by Crippen LogP contribution is -2.58. The molecule has 0 saturated carbocycles. The number of hydrogen-bond donors (Lipinski definition) is 2. The molecule has 2 atom stereocenters. The Hall–Kier alpha value is -2.17. The van der Waals surface area contributed by atoms with Crippen molar-refractivity contribution in [3.63, 3.8) is 0 Å². The smallest absolute Gasteiger partial charge is 0.398 e. The third-order valence-electron chi connectivity index (χ3n) is 3.99. The van der Waals surface area contributed by atoms with Gasteiger partial charge < -0.3 is 11.5 Å². The summed E-state index contributed by atoms with van der Waals surface area (Å²) in [5.41, 5.74) is 0.0730. The third kappa shape index (κ3) is 3.27. The van der Waals surface area contributed by atoms with Crippen LogP contribution in [0.5, 0.6) is 0 Å². The fraction of sp³-hybridized carbons (Fsp3) is 0.333. The SMILES string of the molecule is NC1=C(C(F)(F)F)C(C(F)(F)F)C(N)(c2ccccc2)C(C(F)(F)F)=C1. The quantitative estimate of drug-likeness (QED) is 0.703. The van der Waals surface area contributed by atoms with Crippen molar-refractivity contribution < 1.29 is 39.5 Å². The van der Waals surface area contributed by atoms with Gasteiger partial charge >= 0.3 is 18.5 Å². The van der Waals surface area contributed by atoms with Gasteiger partial charge in [-0.05, 0) is 11.6 Å². The van der Waals surface area contributed by atoms with Gasteiger partial charge in [-0.2, -0.15) is 39.5 Å². The summed E-state index contributed by atoms with van der Waals surface area (Å²) >= 11 is 0. The zero-order valence-electron chi connectivity index (χ0n) is 12.6. The Morgan fingerprint density at radius 3 is 1.69 bits per heavy atom. The number of halogens is 9. The van der Waals surface area contributed by atoms with Crippen LogP contribution in [0.25, 0.3) is 0 Å². The van der Waals surface area contributed by atoms with E-state index in [9.17, 15) is 39.5 Å². The largest absolute Gasteiger partial charge is 0.415 e. The molecule has 1 aromatic carbocycles. The van der Waals surface area contributed by atoms with Crippen LogP contribution >= 0.6 is 0 Å². The summed E-state index contributed by atoms with van der Waals surface area (Å²) < 4.78 is 121. The molecule has 1 aliphatic rings. The van der Waals surface area contributed by atoms with E-state index in [1.165, 1.54) is 6.07 Å². The van der Waals surface area contributed by atoms with E-state index < -0.39 is 52.4 Å². The molecule has 2 nitrogen and oxygen atoms in total. The molecule has 0 amide bonds. The van der Waals surface area contributed by atoms with Crippen LogP contribution in [-0.4, -0.2) is 18.5 Å². The second-order valence-electron chi connectivity index (χ2n) is 5.63. The fourth-order valence-electron chi connectivity index (χ4n) is 3.00. The van der Waals surface area contributed by atoms with Gasteiger partial charge in [-0.1, -0.05) is 30.3 Å². The number of nitrogens with two attached hydrogens (primary N) is 2. The van der Waals surface area contributed by atoms with Gasteiger partial charge in [0.1, 0.15) is 5.92 Å². The lowest BCUT2D eigenvalue weighted by Gasteiger charge is -2.45. The molecule has 0 radical (unpaired) electrons. The summed E-state index contributed by atoms with van der Waals surface area (Å²) in [7, 11) is 0. The van der Waals surface area contributed by atoms with Crippen LogP contribution in [0.15, 0.2) is 53.3 Å². The van der Waals surface area contributed by atoms with Crippen molar-refractivity contribution in [2.45, 2.75) is 24.1 Å². The Morgan fingerprint density at radius 2 is 1.31 bits per heavy atom. The predicted molar refractivity (Wildman–Crippen MR) is 73.3 cm³/mol. The molecule has 0 fully saturated rings. The lowest BCUT2D eigenvalue weighted by molar-refractivity contribution is -0.207. The maximum absolute atomic E-state index is 13.6. The minimum Gasteiger partial charge on any atom is -0.398 e. The molecular formula is C15H11F9N2. The number of alkyl halides is 9. The van der Waals surface area contributed by atoms with Crippen molar-refractivity contribution >= 4 is 0 Å². The van der Waals surface area contributed by atoms with Gasteiger partial charge in [-0.15, -0.1) is 0 Å². The van der Waals surface area contributed by atoms with Gasteiger partial charge in [0.2, 0.25) is 0 Å². The van der Waals surface area contributed by atoms with Crippen LogP contribution in [0.3, 0.4) is 0 Å². The third-order valence-corrected chi connectivity index (χ3v) is 3.99. The molecule has 1 aliphatic carbocycles. The summed E-state index contributed by atoms with van der Waals surface area (Å²) in [6.07, 6.45) is -17.0. The molecule has 26 heavy (non-hydrogen) atoms. The van der Waals surface area contributed by atoms with Crippen molar-refractivity contribution in [1.29, 1.82) is 0 Å². The summed E-state index contributed by atoms with van der Waals surface area (Å²) in [5.74, 6) is -3.74. The van der Waals surface area contributed by atoms with Crippen LogP contribution in [0.4, 0.5) is 39.5 Å². The highest BCUT2D eigenvalue weighted by atomic mass is 19.4. The first-order chi connectivity index (χ1) is 11.6. The Kier molecular flexibility index (Phi) is 4.60. The maximum atomic E-state index is 13.6. The predicted octanol–water partition coefficient (Wildman–Crippen LogP) is 4.30. The Bertz CT molecular complexity index is 741. The molecule has 0 bridgehead atoms. The molecule has 0 aromatic heterocycles. The number of benzene rings is 1. The van der Waals surface area contributed by atoms with Crippen molar-refractivity contribution in [2.75, 3.05) is 0 Å². The van der Waals surface area contributed by atoms with E-state index >= 15 is 0 Å². The van der Waals surface area contributed by atoms with Crippen LogP contribution in [0.2, 0.25) is 0 Å². The van der Waals surface area contributed by atoms with Crippen molar-refractivity contribution in [3.8, 4) is 0 Å². The second kappa shape index (κ2) is 5.93. The van der Waals surface area contributed by atoms with Gasteiger partial charge in [-0.25, -0.2) is 0 Å². The minimum absolute atomic E-state index is 0.182. The Balaban J connectivity index is 2.95. The van der Waals surface area contributed by atoms with Gasteiger partial charge in [-0.3, -0.25) is 0 Å². The van der Waals surface area contributed by atoms with E-state index in [2.05, 4.69) is 0 Å². The average molecular weight is 390 g/mol. The molecule has 0 aliphatic heterocycles. The molecule has 4 N–H and O–H groups in total. The first-order valence-corrected chi connectivity index (χ1v) is 6.88. The second-order valence-corrected chi connectivity index (χ2v) is 5.63. The molecule has 144 valence electrons. The van der Waals surface area contributed by atoms with Crippen molar-refractivity contribution in [3.05, 3.63) is 58.8 Å². The average Bonchev–Trinajstić information content (AvgIpc) is 2.46. The lowest BCUT2D eigenvalue weighted by atomic mass is 9.66. The molecule has 2 rings (SSSR count). The van der Waals surface area contributed by atoms with E-state index in [4.69, 9.17) is 11.5 Å². The van der Waals surface area contributed by atoms with Gasteiger partial charge in [0.05, 0.1) is 16.7 Å². The van der Waals surface area contributed by atoms with Gasteiger partial charge in [0, 0.05) is 5.70 Å². The van der Waals surface area contributed by atoms with E-state index in [1.54, 1.807) is 0 Å². The molecule has 11 heteroatoms. The highest BCUT2D eigenvalue weighted by molar-refractivity contribution is 5.51. The fourth-order valence-corrected chi connectivity index (χ4v) is 3.00. The normalized spacial score (nSPS) is 25.3. The number of allylic oxidation sites excluding steroid dienone is 1. The number of rotatable bonds is 1. The van der Waals surface area contributed by atoms with E-state index in [0.29, 0.717) is 0 Å². The molecule has 1 aromatic rings. The highest BCUT2D eigenvalue weighted by Crippen LogP contribution is 2.56. The topological polar surface area (TPSA) is 52.0 Å². The van der Waals surface area contributed by atoms with Crippen LogP contribution in [0, 0.1) is 5.92 Å². The monoisotopic (exact) mass is 390 g/mol. The molecule has 0 spiro atoms. The standard InChI is InChI=1S/C15H11F9N2/c16-13(17,18)9-6-8(25)10(14(19,20)21)11(15(22,23)24)12(9,26)7-4-2-1-3-5-7/h1-6,11H,25-26H2. The Labute approximate surface area is 141 Å². The van der Waals surface area contributed by atoms with Gasteiger partial charge in [0.15, 0.2) is 0 Å². The molecular weight excluding hydrogens is 379 g/mol. The van der Waals surface area contributed by atoms with E-state index in [1.807, 2.05) is 0 Å².